The molecule has 0 saturated heterocycles. The van der Waals surface area contributed by atoms with Gasteiger partial charge in [-0.15, -0.1) is 0 Å². The number of nitrogens with zero attached hydrogens (tertiary/aromatic N) is 2. The van der Waals surface area contributed by atoms with Crippen LogP contribution >= 0.6 is 0 Å². The molecule has 0 bridgehead atoms. The SMILES string of the molecule is [C-]#[N+]c1cc(C)c(NC(=O)C2([N+](CC)(CC)CC)CCC2)c(C)c1.[Y]. The number of hydrogen-bond acceptors (Lipinski definition) is 1. The van der Waals surface area contributed by atoms with E-state index in [1.165, 1.54) is 0 Å². The first kappa shape index (κ1) is 22.3. The van der Waals surface area contributed by atoms with Gasteiger partial charge in [-0.1, -0.05) is 12.1 Å². The fourth-order valence-electron chi connectivity index (χ4n) is 4.44. The van der Waals surface area contributed by atoms with Crippen LogP contribution < -0.4 is 5.32 Å². The molecule has 0 spiro atoms. The molecule has 1 aromatic carbocycles. The van der Waals surface area contributed by atoms with Crippen LogP contribution in [0.15, 0.2) is 12.1 Å². The van der Waals surface area contributed by atoms with E-state index >= 15 is 0 Å². The van der Waals surface area contributed by atoms with Gasteiger partial charge >= 0.3 is 0 Å². The van der Waals surface area contributed by atoms with Gasteiger partial charge in [0.15, 0.2) is 11.2 Å². The van der Waals surface area contributed by atoms with Crippen molar-refractivity contribution in [2.45, 2.75) is 59.4 Å². The van der Waals surface area contributed by atoms with Crippen LogP contribution in [-0.2, 0) is 37.5 Å². The van der Waals surface area contributed by atoms with E-state index in [1.54, 1.807) is 0 Å². The third kappa shape index (κ3) is 3.70. The van der Waals surface area contributed by atoms with Crippen molar-refractivity contribution >= 4 is 17.3 Å². The van der Waals surface area contributed by atoms with Crippen LogP contribution in [0.25, 0.3) is 4.85 Å². The van der Waals surface area contributed by atoms with E-state index in [-0.39, 0.29) is 44.2 Å². The summed E-state index contributed by atoms with van der Waals surface area (Å²) in [5.41, 5.74) is 3.13. The van der Waals surface area contributed by atoms with Gasteiger partial charge in [0, 0.05) is 51.2 Å². The smallest absolute Gasteiger partial charge is 0.285 e. The summed E-state index contributed by atoms with van der Waals surface area (Å²) in [5.74, 6) is 0.154. The summed E-state index contributed by atoms with van der Waals surface area (Å²) < 4.78 is 0.858. The zero-order chi connectivity index (χ0) is 18.0. The van der Waals surface area contributed by atoms with Crippen LogP contribution in [0.3, 0.4) is 0 Å². The maximum atomic E-state index is 13.3. The number of hydrogen-bond donors (Lipinski definition) is 1. The third-order valence-corrected chi connectivity index (χ3v) is 6.21. The number of likely N-dealkylation sites (N-methyl/N-ethyl adjacent to an activating group) is 1. The van der Waals surface area contributed by atoms with Crippen molar-refractivity contribution in [1.82, 2.24) is 0 Å². The zero-order valence-electron chi connectivity index (χ0n) is 16.3. The second kappa shape index (κ2) is 8.76. The molecule has 1 aliphatic carbocycles. The molecule has 1 fully saturated rings. The molecule has 133 valence electrons. The van der Waals surface area contributed by atoms with Gasteiger partial charge in [-0.25, -0.2) is 4.85 Å². The number of aryl methyl sites for hydroxylation is 2. The van der Waals surface area contributed by atoms with Crippen LogP contribution in [0, 0.1) is 20.4 Å². The molecule has 0 atom stereocenters. The molecule has 4 nitrogen and oxygen atoms in total. The second-order valence-corrected chi connectivity index (χ2v) is 7.00. The molecule has 1 N–H and O–H groups in total. The molecule has 0 unspecified atom stereocenters. The number of amides is 1. The molecule has 1 radical (unpaired) electrons. The Kier molecular flexibility index (Phi) is 7.80. The number of anilines is 1. The monoisotopic (exact) mass is 417 g/mol. The minimum absolute atomic E-state index is 0. The number of rotatable bonds is 6. The van der Waals surface area contributed by atoms with E-state index in [2.05, 4.69) is 30.9 Å². The zero-order valence-corrected chi connectivity index (χ0v) is 19.1. The van der Waals surface area contributed by atoms with Gasteiger partial charge in [-0.3, -0.25) is 4.79 Å². The van der Waals surface area contributed by atoms with Crippen LogP contribution in [0.5, 0.6) is 0 Å². The van der Waals surface area contributed by atoms with Gasteiger partial charge in [0.25, 0.3) is 5.91 Å². The molecule has 5 heteroatoms. The molecule has 25 heavy (non-hydrogen) atoms. The standard InChI is InChI=1S/C20H29N3O.Y/c1-7-23(8-2,9-3)20(11-10-12-20)19(24)22-18-15(4)13-17(21-6)14-16(18)5;/h13-14H,7-12H2,1-5H3;/p+1. The average molecular weight is 417 g/mol. The van der Waals surface area contributed by atoms with Gasteiger partial charge < -0.3 is 9.80 Å². The normalized spacial score (nSPS) is 15.5. The summed E-state index contributed by atoms with van der Waals surface area (Å²) in [6.07, 6.45) is 3.06. The molecular weight excluding hydrogens is 387 g/mol. The van der Waals surface area contributed by atoms with Crippen LogP contribution in [0.1, 0.15) is 51.2 Å². The molecule has 1 aromatic rings. The van der Waals surface area contributed by atoms with E-state index in [1.807, 2.05) is 26.0 Å². The van der Waals surface area contributed by atoms with Crippen molar-refractivity contribution < 1.29 is 42.0 Å². The van der Waals surface area contributed by atoms with E-state index in [4.69, 9.17) is 6.57 Å². The maximum Gasteiger partial charge on any atom is 0.285 e. The number of carbonyl (C=O) groups excluding carboxylic acids is 1. The number of benzene rings is 1. The minimum Gasteiger partial charge on any atom is -0.320 e. The molecular formula is C20H30N3OY+. The van der Waals surface area contributed by atoms with Gasteiger partial charge in [0.05, 0.1) is 26.2 Å². The number of carbonyl (C=O) groups is 1. The predicted molar refractivity (Wildman–Crippen MR) is 99.3 cm³/mol. The van der Waals surface area contributed by atoms with Crippen LogP contribution in [0.4, 0.5) is 11.4 Å². The predicted octanol–water partition coefficient (Wildman–Crippen LogP) is 4.59. The molecule has 1 amide bonds. The van der Waals surface area contributed by atoms with Crippen LogP contribution in [0.2, 0.25) is 0 Å². The topological polar surface area (TPSA) is 33.5 Å². The van der Waals surface area contributed by atoms with Crippen molar-refractivity contribution in [1.29, 1.82) is 0 Å². The first-order valence-electron chi connectivity index (χ1n) is 9.06. The molecule has 0 aromatic heterocycles. The first-order valence-corrected chi connectivity index (χ1v) is 9.06. The first-order chi connectivity index (χ1) is 11.4. The summed E-state index contributed by atoms with van der Waals surface area (Å²) in [7, 11) is 0. The Morgan fingerprint density at radius 3 is 1.96 bits per heavy atom. The van der Waals surface area contributed by atoms with E-state index in [0.717, 1.165) is 60.2 Å². The van der Waals surface area contributed by atoms with Gasteiger partial charge in [-0.05, 0) is 52.2 Å². The summed E-state index contributed by atoms with van der Waals surface area (Å²) in [6, 6.07) is 3.70. The summed E-state index contributed by atoms with van der Waals surface area (Å²) in [5, 5.41) is 3.22. The van der Waals surface area contributed by atoms with E-state index < -0.39 is 0 Å². The van der Waals surface area contributed by atoms with Crippen molar-refractivity contribution in [3.05, 3.63) is 34.7 Å². The molecule has 2 rings (SSSR count). The van der Waals surface area contributed by atoms with Crippen molar-refractivity contribution in [2.24, 2.45) is 0 Å². The Morgan fingerprint density at radius 2 is 1.64 bits per heavy atom. The van der Waals surface area contributed by atoms with Crippen molar-refractivity contribution in [3.63, 3.8) is 0 Å². The van der Waals surface area contributed by atoms with E-state index in [9.17, 15) is 4.79 Å². The fraction of sp³-hybridized carbons (Fsp3) is 0.600. The van der Waals surface area contributed by atoms with Crippen LogP contribution in [-0.4, -0.2) is 35.6 Å². The van der Waals surface area contributed by atoms with E-state index in [0.29, 0.717) is 5.69 Å². The average Bonchev–Trinajstić information content (AvgIpc) is 2.53. The summed E-state index contributed by atoms with van der Waals surface area (Å²) in [4.78, 5) is 16.8. The maximum absolute atomic E-state index is 13.3. The molecule has 0 aliphatic heterocycles. The fourth-order valence-corrected chi connectivity index (χ4v) is 4.44. The van der Waals surface area contributed by atoms with Crippen molar-refractivity contribution in [2.75, 3.05) is 25.0 Å². The minimum atomic E-state index is -0.296. The summed E-state index contributed by atoms with van der Waals surface area (Å²) in [6.45, 7) is 20.6. The Bertz CT molecular complexity index is 639. The Labute approximate surface area is 177 Å². The Balaban J connectivity index is 0.00000312. The van der Waals surface area contributed by atoms with Crippen molar-refractivity contribution in [3.8, 4) is 0 Å². The largest absolute Gasteiger partial charge is 0.320 e. The second-order valence-electron chi connectivity index (χ2n) is 7.00. The van der Waals surface area contributed by atoms with Gasteiger partial charge in [0.2, 0.25) is 0 Å². The summed E-state index contributed by atoms with van der Waals surface area (Å²) >= 11 is 0. The van der Waals surface area contributed by atoms with Gasteiger partial charge in [-0.2, -0.15) is 0 Å². The molecule has 0 heterocycles. The number of nitrogens with one attached hydrogen (secondary N) is 1. The Hall–Kier alpha value is -0.756. The van der Waals surface area contributed by atoms with Gasteiger partial charge in [0.1, 0.15) is 0 Å². The molecule has 1 saturated carbocycles. The number of quaternary nitrogens is 1. The Morgan fingerprint density at radius 1 is 1.16 bits per heavy atom. The quantitative estimate of drug-likeness (QED) is 0.533. The molecule has 1 aliphatic rings. The third-order valence-electron chi connectivity index (χ3n) is 6.21.